The molecule has 0 spiro atoms. The van der Waals surface area contributed by atoms with Crippen LogP contribution in [0.1, 0.15) is 5.56 Å². The molecule has 8 heteroatoms. The van der Waals surface area contributed by atoms with E-state index in [0.717, 1.165) is 6.07 Å². The van der Waals surface area contributed by atoms with Gasteiger partial charge in [0.1, 0.15) is 10.8 Å². The van der Waals surface area contributed by atoms with Crippen LogP contribution in [-0.2, 0) is 6.18 Å². The van der Waals surface area contributed by atoms with Crippen LogP contribution < -0.4 is 15.0 Å². The van der Waals surface area contributed by atoms with E-state index in [1.807, 2.05) is 14.1 Å². The van der Waals surface area contributed by atoms with E-state index in [-0.39, 0.29) is 10.8 Å². The summed E-state index contributed by atoms with van der Waals surface area (Å²) in [7, 11) is 3.63. The third kappa shape index (κ3) is 3.75. The Morgan fingerprint density at radius 3 is 2.67 bits per heavy atom. The average molecular weight is 318 g/mol. The van der Waals surface area contributed by atoms with Gasteiger partial charge in [-0.15, -0.1) is 0 Å². The SMILES string of the molecule is CN(C)[n+]1cccc(Nc2cc(Cl)ncc2C(F)(F)F)c1. The number of rotatable bonds is 3. The molecule has 0 aliphatic heterocycles. The quantitative estimate of drug-likeness (QED) is 0.697. The number of halogens is 4. The zero-order chi connectivity index (χ0) is 15.6. The highest BCUT2D eigenvalue weighted by atomic mass is 35.5. The van der Waals surface area contributed by atoms with Crippen molar-refractivity contribution < 1.29 is 17.8 Å². The summed E-state index contributed by atoms with van der Waals surface area (Å²) in [6, 6.07) is 4.53. The molecule has 0 bridgehead atoms. The van der Waals surface area contributed by atoms with Crippen molar-refractivity contribution in [1.82, 2.24) is 4.98 Å². The van der Waals surface area contributed by atoms with Crippen LogP contribution in [0.15, 0.2) is 36.8 Å². The Kier molecular flexibility index (Phi) is 4.22. The van der Waals surface area contributed by atoms with Gasteiger partial charge in [0.05, 0.1) is 25.3 Å². The number of alkyl halides is 3. The van der Waals surface area contributed by atoms with Crippen LogP contribution in [-0.4, -0.2) is 19.1 Å². The Labute approximate surface area is 124 Å². The van der Waals surface area contributed by atoms with Gasteiger partial charge in [0.2, 0.25) is 6.20 Å². The van der Waals surface area contributed by atoms with E-state index >= 15 is 0 Å². The minimum atomic E-state index is -4.51. The zero-order valence-corrected chi connectivity index (χ0v) is 12.1. The third-order valence-corrected chi connectivity index (χ3v) is 2.91. The fraction of sp³-hybridized carbons (Fsp3) is 0.231. The normalized spacial score (nSPS) is 11.3. The molecule has 2 aromatic rings. The molecule has 21 heavy (non-hydrogen) atoms. The lowest BCUT2D eigenvalue weighted by Crippen LogP contribution is -2.52. The minimum absolute atomic E-state index is 0.0121. The summed E-state index contributed by atoms with van der Waals surface area (Å²) in [4.78, 5) is 3.49. The molecular formula is C13H13ClF3N4+. The molecule has 0 atom stereocenters. The Morgan fingerprint density at radius 1 is 1.33 bits per heavy atom. The van der Waals surface area contributed by atoms with Crippen LogP contribution in [0.25, 0.3) is 0 Å². The number of nitrogens with zero attached hydrogens (tertiary/aromatic N) is 3. The van der Waals surface area contributed by atoms with Crippen molar-refractivity contribution in [3.05, 3.63) is 47.5 Å². The molecule has 0 saturated carbocycles. The van der Waals surface area contributed by atoms with Crippen LogP contribution in [0, 0.1) is 0 Å². The summed E-state index contributed by atoms with van der Waals surface area (Å²) in [5, 5.41) is 4.48. The molecule has 0 aliphatic carbocycles. The number of aromatic nitrogens is 2. The van der Waals surface area contributed by atoms with Gasteiger partial charge in [-0.1, -0.05) is 16.3 Å². The Morgan fingerprint density at radius 2 is 2.05 bits per heavy atom. The largest absolute Gasteiger partial charge is 0.419 e. The first kappa shape index (κ1) is 15.4. The summed E-state index contributed by atoms with van der Waals surface area (Å²) < 4.78 is 40.6. The molecule has 0 saturated heterocycles. The minimum Gasteiger partial charge on any atom is -0.350 e. The number of anilines is 2. The Bertz CT molecular complexity index is 644. The highest BCUT2D eigenvalue weighted by Gasteiger charge is 2.34. The fourth-order valence-corrected chi connectivity index (χ4v) is 1.86. The molecule has 112 valence electrons. The van der Waals surface area contributed by atoms with Crippen LogP contribution in [0.5, 0.6) is 0 Å². The maximum atomic E-state index is 13.0. The summed E-state index contributed by atoms with van der Waals surface area (Å²) in [6.07, 6.45) is -0.357. The summed E-state index contributed by atoms with van der Waals surface area (Å²) in [5.41, 5.74) is -0.509. The smallest absolute Gasteiger partial charge is 0.350 e. The second-order valence-electron chi connectivity index (χ2n) is 4.50. The van der Waals surface area contributed by atoms with Crippen LogP contribution >= 0.6 is 11.6 Å². The van der Waals surface area contributed by atoms with Gasteiger partial charge in [-0.3, -0.25) is 0 Å². The highest BCUT2D eigenvalue weighted by molar-refractivity contribution is 6.29. The van der Waals surface area contributed by atoms with Crippen LogP contribution in [0.3, 0.4) is 0 Å². The lowest BCUT2D eigenvalue weighted by atomic mass is 10.2. The van der Waals surface area contributed by atoms with Gasteiger partial charge in [0, 0.05) is 12.3 Å². The predicted molar refractivity (Wildman–Crippen MR) is 74.2 cm³/mol. The standard InChI is InChI=1S/C13H13ClF3N4/c1-20(2)21-5-3-4-9(8-21)19-11-6-12(14)18-7-10(11)13(15,16)17/h3-8H,1-2H3,(H,18,19)/q+1. The summed E-state index contributed by atoms with van der Waals surface area (Å²) >= 11 is 5.68. The second-order valence-corrected chi connectivity index (χ2v) is 4.88. The van der Waals surface area contributed by atoms with Crippen molar-refractivity contribution in [2.24, 2.45) is 0 Å². The molecule has 1 N–H and O–H groups in total. The topological polar surface area (TPSA) is 32.0 Å². The zero-order valence-electron chi connectivity index (χ0n) is 11.3. The van der Waals surface area contributed by atoms with Gasteiger partial charge in [0.15, 0.2) is 6.20 Å². The molecule has 0 unspecified atom stereocenters. The monoisotopic (exact) mass is 317 g/mol. The molecule has 2 heterocycles. The van der Waals surface area contributed by atoms with E-state index in [4.69, 9.17) is 11.6 Å². The molecule has 2 aromatic heterocycles. The van der Waals surface area contributed by atoms with E-state index in [9.17, 15) is 13.2 Å². The van der Waals surface area contributed by atoms with Gasteiger partial charge >= 0.3 is 6.18 Å². The van der Waals surface area contributed by atoms with E-state index < -0.39 is 11.7 Å². The van der Waals surface area contributed by atoms with E-state index in [2.05, 4.69) is 10.3 Å². The molecule has 2 rings (SSSR count). The van der Waals surface area contributed by atoms with Crippen molar-refractivity contribution in [2.45, 2.75) is 6.18 Å². The van der Waals surface area contributed by atoms with Crippen molar-refractivity contribution in [1.29, 1.82) is 0 Å². The summed E-state index contributed by atoms with van der Waals surface area (Å²) in [6.45, 7) is 0. The third-order valence-electron chi connectivity index (χ3n) is 2.70. The molecule has 4 nitrogen and oxygen atoms in total. The molecule has 0 amide bonds. The average Bonchev–Trinajstić information content (AvgIpc) is 2.37. The Hall–Kier alpha value is -2.02. The van der Waals surface area contributed by atoms with Crippen molar-refractivity contribution >= 4 is 23.0 Å². The first-order valence-electron chi connectivity index (χ1n) is 5.96. The van der Waals surface area contributed by atoms with E-state index in [1.165, 1.54) is 0 Å². The van der Waals surface area contributed by atoms with E-state index in [0.29, 0.717) is 11.9 Å². The molecule has 0 aliphatic rings. The van der Waals surface area contributed by atoms with Gasteiger partial charge < -0.3 is 5.32 Å². The fourth-order valence-electron chi connectivity index (χ4n) is 1.70. The molecular weight excluding hydrogens is 305 g/mol. The van der Waals surface area contributed by atoms with Gasteiger partial charge in [-0.25, -0.2) is 4.98 Å². The second kappa shape index (κ2) is 5.77. The van der Waals surface area contributed by atoms with Gasteiger partial charge in [0.25, 0.3) is 0 Å². The lowest BCUT2D eigenvalue weighted by molar-refractivity contribution is -0.686. The molecule has 0 fully saturated rings. The van der Waals surface area contributed by atoms with Crippen LogP contribution in [0.2, 0.25) is 5.15 Å². The molecule has 0 radical (unpaired) electrons. The van der Waals surface area contributed by atoms with Gasteiger partial charge in [-0.05, 0) is 12.1 Å². The first-order chi connectivity index (χ1) is 9.77. The van der Waals surface area contributed by atoms with E-state index in [1.54, 1.807) is 34.2 Å². The van der Waals surface area contributed by atoms with Gasteiger partial charge in [-0.2, -0.15) is 18.2 Å². The number of nitrogens with one attached hydrogen (secondary N) is 1. The number of hydrogen-bond acceptors (Lipinski definition) is 3. The Balaban J connectivity index is 2.39. The first-order valence-corrected chi connectivity index (χ1v) is 6.34. The number of pyridine rings is 2. The summed E-state index contributed by atoms with van der Waals surface area (Å²) in [5.74, 6) is 0. The lowest BCUT2D eigenvalue weighted by Gasteiger charge is -2.14. The maximum Gasteiger partial charge on any atom is 0.419 e. The van der Waals surface area contributed by atoms with Crippen molar-refractivity contribution in [2.75, 3.05) is 24.4 Å². The van der Waals surface area contributed by atoms with Crippen molar-refractivity contribution in [3.63, 3.8) is 0 Å². The number of hydrogen-bond donors (Lipinski definition) is 1. The maximum absolute atomic E-state index is 13.0. The highest BCUT2D eigenvalue weighted by Crippen LogP contribution is 2.36. The van der Waals surface area contributed by atoms with Crippen LogP contribution in [0.4, 0.5) is 24.5 Å². The van der Waals surface area contributed by atoms with Crippen molar-refractivity contribution in [3.8, 4) is 0 Å². The molecule has 0 aromatic carbocycles. The predicted octanol–water partition coefficient (Wildman–Crippen LogP) is 2.98.